The lowest BCUT2D eigenvalue weighted by Crippen LogP contribution is -2.45. The summed E-state index contributed by atoms with van der Waals surface area (Å²) in [5, 5.41) is 0. The zero-order valence-electron chi connectivity index (χ0n) is 11.3. The maximum absolute atomic E-state index is 6.12. The molecule has 0 amide bonds. The molecule has 0 aromatic rings. The molecule has 1 heterocycles. The first-order valence-corrected chi connectivity index (χ1v) is 7.10. The fourth-order valence-corrected chi connectivity index (χ4v) is 2.90. The van der Waals surface area contributed by atoms with E-state index < -0.39 is 0 Å². The first-order chi connectivity index (χ1) is 8.05. The summed E-state index contributed by atoms with van der Waals surface area (Å²) >= 11 is 0. The first-order valence-electron chi connectivity index (χ1n) is 7.10. The van der Waals surface area contributed by atoms with Crippen LogP contribution in [-0.2, 0) is 9.47 Å². The maximum Gasteiger partial charge on any atom is 0.0707 e. The number of hydrogen-bond acceptors (Lipinski definition) is 3. The minimum Gasteiger partial charge on any atom is -0.376 e. The van der Waals surface area contributed by atoms with Gasteiger partial charge in [-0.15, -0.1) is 0 Å². The van der Waals surface area contributed by atoms with E-state index in [-0.39, 0.29) is 11.1 Å². The standard InChI is InChI=1S/C14H27NO2/c1-3-13(2,15)11-16-12-6-9-17-14(10-12)7-4-5-8-14/h12H,3-11,15H2,1-2H3. The van der Waals surface area contributed by atoms with Crippen LogP contribution in [0.4, 0.5) is 0 Å². The van der Waals surface area contributed by atoms with Gasteiger partial charge in [-0.1, -0.05) is 19.8 Å². The van der Waals surface area contributed by atoms with Crippen molar-refractivity contribution < 1.29 is 9.47 Å². The molecule has 100 valence electrons. The lowest BCUT2D eigenvalue weighted by atomic mass is 9.90. The third-order valence-corrected chi connectivity index (χ3v) is 4.42. The van der Waals surface area contributed by atoms with E-state index in [2.05, 4.69) is 13.8 Å². The van der Waals surface area contributed by atoms with Crippen molar-refractivity contribution >= 4 is 0 Å². The minimum atomic E-state index is -0.179. The Morgan fingerprint density at radius 2 is 2.12 bits per heavy atom. The van der Waals surface area contributed by atoms with Crippen LogP contribution in [0, 0.1) is 0 Å². The smallest absolute Gasteiger partial charge is 0.0707 e. The predicted molar refractivity (Wildman–Crippen MR) is 69.0 cm³/mol. The average Bonchev–Trinajstić information content (AvgIpc) is 2.75. The highest BCUT2D eigenvalue weighted by molar-refractivity contribution is 4.92. The van der Waals surface area contributed by atoms with Gasteiger partial charge in [0, 0.05) is 18.6 Å². The van der Waals surface area contributed by atoms with Crippen LogP contribution in [0.15, 0.2) is 0 Å². The summed E-state index contributed by atoms with van der Waals surface area (Å²) in [5.41, 5.74) is 6.10. The Bertz CT molecular complexity index is 247. The highest BCUT2D eigenvalue weighted by Crippen LogP contribution is 2.40. The molecule has 2 fully saturated rings. The van der Waals surface area contributed by atoms with Gasteiger partial charge in [0.25, 0.3) is 0 Å². The zero-order chi connectivity index (χ0) is 12.4. The molecule has 1 saturated heterocycles. The van der Waals surface area contributed by atoms with E-state index in [4.69, 9.17) is 15.2 Å². The highest BCUT2D eigenvalue weighted by Gasteiger charge is 2.40. The van der Waals surface area contributed by atoms with Crippen LogP contribution in [0.2, 0.25) is 0 Å². The van der Waals surface area contributed by atoms with Crippen molar-refractivity contribution in [2.75, 3.05) is 13.2 Å². The van der Waals surface area contributed by atoms with Gasteiger partial charge < -0.3 is 15.2 Å². The fraction of sp³-hybridized carbons (Fsp3) is 1.00. The van der Waals surface area contributed by atoms with Gasteiger partial charge in [-0.3, -0.25) is 0 Å². The minimum absolute atomic E-state index is 0.153. The van der Waals surface area contributed by atoms with Crippen LogP contribution < -0.4 is 5.73 Å². The Morgan fingerprint density at radius 1 is 1.41 bits per heavy atom. The molecular weight excluding hydrogens is 214 g/mol. The number of ether oxygens (including phenoxy) is 2. The summed E-state index contributed by atoms with van der Waals surface area (Å²) < 4.78 is 12.0. The van der Waals surface area contributed by atoms with Crippen molar-refractivity contribution in [3.05, 3.63) is 0 Å². The molecule has 1 saturated carbocycles. The van der Waals surface area contributed by atoms with Gasteiger partial charge in [0.1, 0.15) is 0 Å². The zero-order valence-corrected chi connectivity index (χ0v) is 11.3. The van der Waals surface area contributed by atoms with Crippen LogP contribution >= 0.6 is 0 Å². The average molecular weight is 241 g/mol. The van der Waals surface area contributed by atoms with Crippen LogP contribution in [-0.4, -0.2) is 30.5 Å². The Morgan fingerprint density at radius 3 is 2.76 bits per heavy atom. The van der Waals surface area contributed by atoms with Crippen molar-refractivity contribution in [2.45, 2.75) is 76.0 Å². The molecule has 1 aliphatic carbocycles. The van der Waals surface area contributed by atoms with E-state index >= 15 is 0 Å². The van der Waals surface area contributed by atoms with Crippen LogP contribution in [0.5, 0.6) is 0 Å². The largest absolute Gasteiger partial charge is 0.376 e. The Labute approximate surface area is 105 Å². The Balaban J connectivity index is 1.81. The molecule has 3 heteroatoms. The summed E-state index contributed by atoms with van der Waals surface area (Å²) in [6.07, 6.45) is 8.50. The number of nitrogens with two attached hydrogens (primary N) is 1. The molecule has 17 heavy (non-hydrogen) atoms. The highest BCUT2D eigenvalue weighted by atomic mass is 16.5. The van der Waals surface area contributed by atoms with Gasteiger partial charge in [0.15, 0.2) is 0 Å². The second-order valence-electron chi connectivity index (χ2n) is 6.17. The van der Waals surface area contributed by atoms with E-state index in [1.807, 2.05) is 0 Å². The summed E-state index contributed by atoms with van der Waals surface area (Å²) in [5.74, 6) is 0. The normalized spacial score (nSPS) is 31.6. The fourth-order valence-electron chi connectivity index (χ4n) is 2.90. The van der Waals surface area contributed by atoms with Crippen molar-refractivity contribution in [3.8, 4) is 0 Å². The summed E-state index contributed by atoms with van der Waals surface area (Å²) in [6.45, 7) is 5.71. The summed E-state index contributed by atoms with van der Waals surface area (Å²) in [4.78, 5) is 0. The lowest BCUT2D eigenvalue weighted by Gasteiger charge is -2.39. The molecule has 0 radical (unpaired) electrons. The van der Waals surface area contributed by atoms with Gasteiger partial charge in [-0.05, 0) is 32.6 Å². The Hall–Kier alpha value is -0.120. The molecule has 0 aromatic heterocycles. The van der Waals surface area contributed by atoms with Gasteiger partial charge in [0.05, 0.1) is 18.3 Å². The van der Waals surface area contributed by atoms with Crippen molar-refractivity contribution in [3.63, 3.8) is 0 Å². The van der Waals surface area contributed by atoms with E-state index in [1.165, 1.54) is 25.7 Å². The summed E-state index contributed by atoms with van der Waals surface area (Å²) in [7, 11) is 0. The maximum atomic E-state index is 6.12. The van der Waals surface area contributed by atoms with Gasteiger partial charge in [-0.25, -0.2) is 0 Å². The van der Waals surface area contributed by atoms with E-state index in [0.29, 0.717) is 12.7 Å². The van der Waals surface area contributed by atoms with Crippen LogP contribution in [0.3, 0.4) is 0 Å². The third kappa shape index (κ3) is 3.43. The summed E-state index contributed by atoms with van der Waals surface area (Å²) in [6, 6.07) is 0. The molecule has 0 aromatic carbocycles. The number of hydrogen-bond donors (Lipinski definition) is 1. The monoisotopic (exact) mass is 241 g/mol. The van der Waals surface area contributed by atoms with E-state index in [9.17, 15) is 0 Å². The third-order valence-electron chi connectivity index (χ3n) is 4.42. The molecule has 1 spiro atoms. The Kier molecular flexibility index (Phi) is 4.11. The van der Waals surface area contributed by atoms with Gasteiger partial charge in [0.2, 0.25) is 0 Å². The molecule has 2 unspecified atom stereocenters. The second kappa shape index (κ2) is 5.25. The van der Waals surface area contributed by atoms with E-state index in [0.717, 1.165) is 25.9 Å². The van der Waals surface area contributed by atoms with E-state index in [1.54, 1.807) is 0 Å². The second-order valence-corrected chi connectivity index (χ2v) is 6.17. The quantitative estimate of drug-likeness (QED) is 0.823. The molecule has 3 nitrogen and oxygen atoms in total. The van der Waals surface area contributed by atoms with Crippen molar-refractivity contribution in [1.29, 1.82) is 0 Å². The van der Waals surface area contributed by atoms with Crippen LogP contribution in [0.1, 0.15) is 58.8 Å². The molecule has 2 aliphatic rings. The number of rotatable bonds is 4. The molecule has 2 atom stereocenters. The molecule has 0 bridgehead atoms. The molecule has 2 N–H and O–H groups in total. The molecule has 1 aliphatic heterocycles. The van der Waals surface area contributed by atoms with Crippen LogP contribution in [0.25, 0.3) is 0 Å². The van der Waals surface area contributed by atoms with Gasteiger partial charge >= 0.3 is 0 Å². The topological polar surface area (TPSA) is 44.5 Å². The van der Waals surface area contributed by atoms with Gasteiger partial charge in [-0.2, -0.15) is 0 Å². The van der Waals surface area contributed by atoms with Crippen molar-refractivity contribution in [1.82, 2.24) is 0 Å². The van der Waals surface area contributed by atoms with Crippen molar-refractivity contribution in [2.24, 2.45) is 5.73 Å². The lowest BCUT2D eigenvalue weighted by molar-refractivity contribution is -0.134. The molecular formula is C14H27NO2. The molecule has 2 rings (SSSR count). The predicted octanol–water partition coefficient (Wildman–Crippen LogP) is 2.62. The first kappa shape index (κ1) is 13.3. The SMILES string of the molecule is CCC(C)(N)COC1CCOC2(CCCC2)C1.